The second-order valence-corrected chi connectivity index (χ2v) is 8.16. The van der Waals surface area contributed by atoms with Gasteiger partial charge in [-0.3, -0.25) is 0 Å². The van der Waals surface area contributed by atoms with Gasteiger partial charge in [-0.05, 0) is 34.4 Å². The molecule has 0 saturated heterocycles. The quantitative estimate of drug-likeness (QED) is 0.278. The van der Waals surface area contributed by atoms with Gasteiger partial charge in [-0.25, -0.2) is 4.98 Å². The Morgan fingerprint density at radius 2 is 1.76 bits per heavy atom. The number of nitrogens with one attached hydrogen (secondary N) is 1. The maximum atomic E-state index is 12.3. The number of H-pyrrole nitrogens is 1. The molecule has 1 N–H and O–H groups in total. The van der Waals surface area contributed by atoms with Crippen molar-refractivity contribution in [3.8, 4) is 33.9 Å². The Labute approximate surface area is 197 Å². The molecule has 3 heterocycles. The molecule has 3 aromatic heterocycles. The third-order valence-corrected chi connectivity index (χ3v) is 5.83. The second kappa shape index (κ2) is 9.66. The Kier molecular flexibility index (Phi) is 6.11. The zero-order valence-electron chi connectivity index (χ0n) is 18.9. The topological polar surface area (TPSA) is 99.2 Å². The van der Waals surface area contributed by atoms with Crippen molar-refractivity contribution < 1.29 is 4.73 Å². The van der Waals surface area contributed by atoms with Gasteiger partial charge in [0.05, 0.1) is 0 Å². The van der Waals surface area contributed by atoms with Crippen LogP contribution in [0.2, 0.25) is 0 Å². The van der Waals surface area contributed by atoms with Crippen LogP contribution in [0.15, 0.2) is 79.1 Å². The maximum absolute atomic E-state index is 12.3. The minimum Gasteiger partial charge on any atom is -0.618 e. The Hall–Kier alpha value is -4.33. The molecule has 8 heteroatoms. The number of hydrogen-bond acceptors (Lipinski definition) is 5. The highest BCUT2D eigenvalue weighted by Crippen LogP contribution is 2.30. The van der Waals surface area contributed by atoms with Crippen molar-refractivity contribution >= 4 is 0 Å². The molecule has 34 heavy (non-hydrogen) atoms. The van der Waals surface area contributed by atoms with Crippen molar-refractivity contribution in [3.05, 3.63) is 95.7 Å². The summed E-state index contributed by atoms with van der Waals surface area (Å²) in [6, 6.07) is 21.9. The van der Waals surface area contributed by atoms with Gasteiger partial charge < -0.3 is 9.77 Å². The summed E-state index contributed by atoms with van der Waals surface area (Å²) in [6.07, 6.45) is 6.50. The van der Waals surface area contributed by atoms with Crippen LogP contribution in [0.3, 0.4) is 0 Å². The van der Waals surface area contributed by atoms with E-state index in [1.807, 2.05) is 30.5 Å². The number of aromatic nitrogens is 7. The highest BCUT2D eigenvalue weighted by molar-refractivity contribution is 5.80. The zero-order chi connectivity index (χ0) is 23.3. The number of aryl methyl sites for hydroxylation is 1. The van der Waals surface area contributed by atoms with E-state index >= 15 is 0 Å². The Morgan fingerprint density at radius 3 is 2.50 bits per heavy atom. The average Bonchev–Trinajstić information content (AvgIpc) is 3.54. The molecule has 2 aromatic carbocycles. The van der Waals surface area contributed by atoms with Crippen molar-refractivity contribution in [1.29, 1.82) is 0 Å². The van der Waals surface area contributed by atoms with E-state index in [9.17, 15) is 5.21 Å². The predicted octanol–water partition coefficient (Wildman–Crippen LogP) is 4.42. The molecular weight excluding hydrogens is 426 g/mol. The molecule has 0 aliphatic carbocycles. The fourth-order valence-corrected chi connectivity index (χ4v) is 4.07. The third-order valence-electron chi connectivity index (χ3n) is 5.83. The fraction of sp³-hybridized carbons (Fsp3) is 0.192. The summed E-state index contributed by atoms with van der Waals surface area (Å²) in [6.45, 7) is 2.85. The lowest BCUT2D eigenvalue weighted by Gasteiger charge is -2.10. The lowest BCUT2D eigenvalue weighted by Crippen LogP contribution is -2.27. The SMILES string of the molecule is CCCCc1nc(-c2cccc[n+]2[O-])cn1Cc1ccc(-c2ccccc2-c2nn[nH]n2)cc1. The second-order valence-electron chi connectivity index (χ2n) is 8.16. The van der Waals surface area contributed by atoms with Crippen LogP contribution >= 0.6 is 0 Å². The monoisotopic (exact) mass is 451 g/mol. The van der Waals surface area contributed by atoms with Gasteiger partial charge in [-0.1, -0.05) is 61.9 Å². The van der Waals surface area contributed by atoms with E-state index in [0.29, 0.717) is 23.8 Å². The minimum absolute atomic E-state index is 0.562. The van der Waals surface area contributed by atoms with Gasteiger partial charge >= 0.3 is 0 Å². The number of tetrazole rings is 1. The number of unbranched alkanes of at least 4 members (excludes halogenated alkanes) is 1. The van der Waals surface area contributed by atoms with Gasteiger partial charge in [0.2, 0.25) is 11.5 Å². The molecule has 0 bridgehead atoms. The van der Waals surface area contributed by atoms with Gasteiger partial charge in [0.15, 0.2) is 11.9 Å². The molecule has 0 atom stereocenters. The van der Waals surface area contributed by atoms with Crippen molar-refractivity contribution in [2.45, 2.75) is 32.7 Å². The summed E-state index contributed by atoms with van der Waals surface area (Å²) in [5.74, 6) is 1.56. The summed E-state index contributed by atoms with van der Waals surface area (Å²) in [5.41, 5.74) is 5.48. The molecule has 0 radical (unpaired) electrons. The first-order valence-electron chi connectivity index (χ1n) is 11.4. The van der Waals surface area contributed by atoms with Crippen LogP contribution in [0.25, 0.3) is 33.9 Å². The van der Waals surface area contributed by atoms with Crippen LogP contribution in [0.1, 0.15) is 31.2 Å². The highest BCUT2D eigenvalue weighted by Gasteiger charge is 2.16. The zero-order valence-corrected chi connectivity index (χ0v) is 18.9. The van der Waals surface area contributed by atoms with E-state index in [4.69, 9.17) is 4.98 Å². The van der Waals surface area contributed by atoms with E-state index < -0.39 is 0 Å². The molecule has 0 unspecified atom stereocenters. The Bertz CT molecular complexity index is 1370. The van der Waals surface area contributed by atoms with Gasteiger partial charge in [0.1, 0.15) is 5.82 Å². The van der Waals surface area contributed by atoms with Crippen LogP contribution < -0.4 is 4.73 Å². The van der Waals surface area contributed by atoms with Crippen LogP contribution in [0.5, 0.6) is 0 Å². The maximum Gasteiger partial charge on any atom is 0.243 e. The van der Waals surface area contributed by atoms with E-state index in [-0.39, 0.29) is 0 Å². The number of hydrogen-bond donors (Lipinski definition) is 1. The normalized spacial score (nSPS) is 11.1. The Morgan fingerprint density at radius 1 is 0.971 bits per heavy atom. The van der Waals surface area contributed by atoms with Crippen molar-refractivity contribution in [3.63, 3.8) is 0 Å². The van der Waals surface area contributed by atoms with Crippen molar-refractivity contribution in [2.75, 3.05) is 0 Å². The number of rotatable bonds is 8. The number of pyridine rings is 1. The van der Waals surface area contributed by atoms with Gasteiger partial charge in [0, 0.05) is 36.9 Å². The lowest BCUT2D eigenvalue weighted by molar-refractivity contribution is -0.593. The smallest absolute Gasteiger partial charge is 0.243 e. The molecule has 8 nitrogen and oxygen atoms in total. The molecule has 0 spiro atoms. The summed E-state index contributed by atoms with van der Waals surface area (Å²) in [4.78, 5) is 4.80. The summed E-state index contributed by atoms with van der Waals surface area (Å²) in [7, 11) is 0. The van der Waals surface area contributed by atoms with Crippen LogP contribution in [-0.2, 0) is 13.0 Å². The summed E-state index contributed by atoms with van der Waals surface area (Å²) >= 11 is 0. The number of nitrogens with zero attached hydrogens (tertiary/aromatic N) is 6. The molecule has 0 fully saturated rings. The van der Waals surface area contributed by atoms with Gasteiger partial charge in [0.25, 0.3) is 0 Å². The van der Waals surface area contributed by atoms with Crippen LogP contribution in [-0.4, -0.2) is 30.2 Å². The molecule has 0 amide bonds. The molecule has 0 saturated carbocycles. The first kappa shape index (κ1) is 21.5. The molecular formula is C26H25N7O. The highest BCUT2D eigenvalue weighted by atomic mass is 16.5. The lowest BCUT2D eigenvalue weighted by atomic mass is 9.98. The van der Waals surface area contributed by atoms with Crippen molar-refractivity contribution in [1.82, 2.24) is 30.2 Å². The molecule has 5 rings (SSSR count). The standard InChI is InChI=1S/C26H25N7O/c1-2-3-11-25-27-23(24-10-6-7-16-33(24)34)18-32(25)17-19-12-14-20(15-13-19)21-8-4-5-9-22(21)26-28-30-31-29-26/h4-10,12-16,18H,2-3,11,17H2,1H3,(H,28,29,30,31). The molecule has 5 aromatic rings. The third kappa shape index (κ3) is 4.43. The minimum atomic E-state index is 0.562. The fourth-order valence-electron chi connectivity index (χ4n) is 4.07. The van der Waals surface area contributed by atoms with E-state index in [2.05, 4.69) is 62.4 Å². The predicted molar refractivity (Wildman–Crippen MR) is 129 cm³/mol. The van der Waals surface area contributed by atoms with Crippen LogP contribution in [0, 0.1) is 5.21 Å². The van der Waals surface area contributed by atoms with Crippen molar-refractivity contribution in [2.24, 2.45) is 0 Å². The number of benzene rings is 2. The van der Waals surface area contributed by atoms with E-state index in [1.54, 1.807) is 12.1 Å². The summed E-state index contributed by atoms with van der Waals surface area (Å²) in [5, 5.41) is 26.7. The van der Waals surface area contributed by atoms with Crippen LogP contribution in [0.4, 0.5) is 0 Å². The largest absolute Gasteiger partial charge is 0.618 e. The number of imidazole rings is 1. The summed E-state index contributed by atoms with van der Waals surface area (Å²) < 4.78 is 3.02. The first-order chi connectivity index (χ1) is 16.7. The Balaban J connectivity index is 1.43. The van der Waals surface area contributed by atoms with E-state index in [0.717, 1.165) is 52.1 Å². The first-order valence-corrected chi connectivity index (χ1v) is 11.4. The average molecular weight is 452 g/mol. The van der Waals surface area contributed by atoms with Gasteiger partial charge in [-0.2, -0.15) is 9.94 Å². The molecule has 0 aliphatic rings. The molecule has 170 valence electrons. The van der Waals surface area contributed by atoms with E-state index in [1.165, 1.54) is 6.20 Å². The number of aromatic amines is 1. The van der Waals surface area contributed by atoms with Gasteiger partial charge in [-0.15, -0.1) is 10.2 Å². The molecule has 0 aliphatic heterocycles.